The first kappa shape index (κ1) is 10.6. The standard InChI is InChI=1S/C10H12BrN3O/c1-15-6-2-3-9-12-10-5-4-8(11)7-14(10)13-9/h4-5,7H,2-3,6H2,1H3. The molecule has 4 nitrogen and oxygen atoms in total. The Morgan fingerprint density at radius 1 is 1.47 bits per heavy atom. The van der Waals surface area contributed by atoms with Crippen LogP contribution in [0.15, 0.2) is 22.8 Å². The second kappa shape index (κ2) is 4.72. The average molecular weight is 270 g/mol. The third-order valence-electron chi connectivity index (χ3n) is 2.09. The molecule has 0 saturated heterocycles. The number of ether oxygens (including phenoxy) is 1. The molecule has 2 aromatic heterocycles. The van der Waals surface area contributed by atoms with Crippen LogP contribution in [0.1, 0.15) is 12.2 Å². The molecular weight excluding hydrogens is 258 g/mol. The molecule has 2 rings (SSSR count). The van der Waals surface area contributed by atoms with Gasteiger partial charge in [0.25, 0.3) is 0 Å². The topological polar surface area (TPSA) is 39.4 Å². The third kappa shape index (κ3) is 2.54. The Kier molecular flexibility index (Phi) is 3.33. The van der Waals surface area contributed by atoms with E-state index in [9.17, 15) is 0 Å². The minimum Gasteiger partial charge on any atom is -0.385 e. The maximum atomic E-state index is 4.99. The molecule has 5 heteroatoms. The molecule has 0 unspecified atom stereocenters. The zero-order valence-corrected chi connectivity index (χ0v) is 10.1. The van der Waals surface area contributed by atoms with Crippen LogP contribution in [0.5, 0.6) is 0 Å². The number of aryl methyl sites for hydroxylation is 1. The van der Waals surface area contributed by atoms with Crippen molar-refractivity contribution in [3.63, 3.8) is 0 Å². The van der Waals surface area contributed by atoms with Gasteiger partial charge < -0.3 is 4.74 Å². The van der Waals surface area contributed by atoms with E-state index in [2.05, 4.69) is 26.0 Å². The Bertz CT molecular complexity index is 455. The summed E-state index contributed by atoms with van der Waals surface area (Å²) in [7, 11) is 1.70. The third-order valence-corrected chi connectivity index (χ3v) is 2.56. The Morgan fingerprint density at radius 2 is 2.33 bits per heavy atom. The minimum atomic E-state index is 0.749. The summed E-state index contributed by atoms with van der Waals surface area (Å²) < 4.78 is 7.77. The van der Waals surface area contributed by atoms with Crippen molar-refractivity contribution in [2.24, 2.45) is 0 Å². The fourth-order valence-corrected chi connectivity index (χ4v) is 1.71. The molecule has 0 atom stereocenters. The molecule has 0 aliphatic carbocycles. The van der Waals surface area contributed by atoms with E-state index in [0.717, 1.165) is 35.4 Å². The molecule has 0 N–H and O–H groups in total. The Morgan fingerprint density at radius 3 is 3.13 bits per heavy atom. The van der Waals surface area contributed by atoms with E-state index in [4.69, 9.17) is 4.74 Å². The number of hydrogen-bond donors (Lipinski definition) is 0. The molecular formula is C10H12BrN3O. The first-order chi connectivity index (χ1) is 7.29. The summed E-state index contributed by atoms with van der Waals surface area (Å²) in [5, 5.41) is 4.37. The molecule has 2 aromatic rings. The molecule has 0 aliphatic heterocycles. The van der Waals surface area contributed by atoms with Gasteiger partial charge in [0, 0.05) is 30.8 Å². The maximum absolute atomic E-state index is 4.99. The van der Waals surface area contributed by atoms with Crippen LogP contribution in [0.2, 0.25) is 0 Å². The Labute approximate surface area is 96.4 Å². The molecule has 0 amide bonds. The van der Waals surface area contributed by atoms with Gasteiger partial charge in [-0.2, -0.15) is 5.10 Å². The van der Waals surface area contributed by atoms with Crippen LogP contribution in [0.3, 0.4) is 0 Å². The van der Waals surface area contributed by atoms with E-state index in [1.165, 1.54) is 0 Å². The molecule has 80 valence electrons. The lowest BCUT2D eigenvalue weighted by molar-refractivity contribution is 0.194. The molecule has 0 fully saturated rings. The SMILES string of the molecule is COCCCc1nc2ccc(Br)cn2n1. The van der Waals surface area contributed by atoms with Gasteiger partial charge in [0.05, 0.1) is 0 Å². The van der Waals surface area contributed by atoms with E-state index in [1.54, 1.807) is 11.6 Å². The molecule has 0 saturated carbocycles. The van der Waals surface area contributed by atoms with Crippen LogP contribution in [0.4, 0.5) is 0 Å². The predicted octanol–water partition coefficient (Wildman–Crippen LogP) is 2.07. The minimum absolute atomic E-state index is 0.749. The van der Waals surface area contributed by atoms with E-state index >= 15 is 0 Å². The van der Waals surface area contributed by atoms with Crippen molar-refractivity contribution in [3.05, 3.63) is 28.6 Å². The van der Waals surface area contributed by atoms with Crippen molar-refractivity contribution in [2.45, 2.75) is 12.8 Å². The number of hydrogen-bond acceptors (Lipinski definition) is 3. The molecule has 0 spiro atoms. The second-order valence-corrected chi connectivity index (χ2v) is 4.19. The van der Waals surface area contributed by atoms with Gasteiger partial charge in [-0.05, 0) is 34.5 Å². The van der Waals surface area contributed by atoms with Crippen LogP contribution in [0, 0.1) is 0 Å². The van der Waals surface area contributed by atoms with Gasteiger partial charge in [0.15, 0.2) is 11.5 Å². The van der Waals surface area contributed by atoms with E-state index in [-0.39, 0.29) is 0 Å². The zero-order chi connectivity index (χ0) is 10.7. The van der Waals surface area contributed by atoms with Gasteiger partial charge in [-0.1, -0.05) is 0 Å². The summed E-state index contributed by atoms with van der Waals surface area (Å²) >= 11 is 3.40. The van der Waals surface area contributed by atoms with Gasteiger partial charge >= 0.3 is 0 Å². The summed E-state index contributed by atoms with van der Waals surface area (Å²) in [6, 6.07) is 3.90. The highest BCUT2D eigenvalue weighted by atomic mass is 79.9. The Balaban J connectivity index is 2.16. The van der Waals surface area contributed by atoms with Crippen molar-refractivity contribution in [2.75, 3.05) is 13.7 Å². The number of rotatable bonds is 4. The summed E-state index contributed by atoms with van der Waals surface area (Å²) in [5.41, 5.74) is 0.880. The van der Waals surface area contributed by atoms with Gasteiger partial charge in [0.1, 0.15) is 0 Å². The van der Waals surface area contributed by atoms with Crippen LogP contribution in [-0.2, 0) is 11.2 Å². The first-order valence-corrected chi connectivity index (χ1v) is 5.58. The average Bonchev–Trinajstić information content (AvgIpc) is 2.60. The number of pyridine rings is 1. The predicted molar refractivity (Wildman–Crippen MR) is 60.9 cm³/mol. The lowest BCUT2D eigenvalue weighted by Gasteiger charge is -1.93. The van der Waals surface area contributed by atoms with Crippen LogP contribution < -0.4 is 0 Å². The molecule has 0 aliphatic rings. The molecule has 0 radical (unpaired) electrons. The van der Waals surface area contributed by atoms with Crippen molar-refractivity contribution in [1.82, 2.24) is 14.6 Å². The molecule has 15 heavy (non-hydrogen) atoms. The summed E-state index contributed by atoms with van der Waals surface area (Å²) in [4.78, 5) is 4.40. The summed E-state index contributed by atoms with van der Waals surface area (Å²) in [5.74, 6) is 0.866. The highest BCUT2D eigenvalue weighted by Crippen LogP contribution is 2.10. The summed E-state index contributed by atoms with van der Waals surface area (Å²) in [6.07, 6.45) is 3.71. The van der Waals surface area contributed by atoms with Crippen LogP contribution in [0.25, 0.3) is 5.65 Å². The van der Waals surface area contributed by atoms with Crippen molar-refractivity contribution < 1.29 is 4.74 Å². The lowest BCUT2D eigenvalue weighted by Crippen LogP contribution is -1.94. The highest BCUT2D eigenvalue weighted by molar-refractivity contribution is 9.10. The summed E-state index contributed by atoms with van der Waals surface area (Å²) in [6.45, 7) is 0.749. The fraction of sp³-hybridized carbons (Fsp3) is 0.400. The van der Waals surface area contributed by atoms with Gasteiger partial charge in [-0.3, -0.25) is 0 Å². The maximum Gasteiger partial charge on any atom is 0.155 e. The number of methoxy groups -OCH3 is 1. The quantitative estimate of drug-likeness (QED) is 0.798. The lowest BCUT2D eigenvalue weighted by atomic mass is 10.3. The number of aromatic nitrogens is 3. The monoisotopic (exact) mass is 269 g/mol. The molecule has 0 aromatic carbocycles. The fourth-order valence-electron chi connectivity index (χ4n) is 1.38. The highest BCUT2D eigenvalue weighted by Gasteiger charge is 2.03. The molecule has 2 heterocycles. The molecule has 0 bridgehead atoms. The van der Waals surface area contributed by atoms with Crippen LogP contribution >= 0.6 is 15.9 Å². The van der Waals surface area contributed by atoms with Gasteiger partial charge in [0.2, 0.25) is 0 Å². The van der Waals surface area contributed by atoms with Crippen LogP contribution in [-0.4, -0.2) is 28.3 Å². The van der Waals surface area contributed by atoms with Crippen molar-refractivity contribution in [1.29, 1.82) is 0 Å². The van der Waals surface area contributed by atoms with E-state index in [1.807, 2.05) is 18.3 Å². The largest absolute Gasteiger partial charge is 0.385 e. The number of nitrogens with zero attached hydrogens (tertiary/aromatic N) is 3. The smallest absolute Gasteiger partial charge is 0.155 e. The van der Waals surface area contributed by atoms with Gasteiger partial charge in [-0.15, -0.1) is 0 Å². The zero-order valence-electron chi connectivity index (χ0n) is 8.48. The van der Waals surface area contributed by atoms with Crippen molar-refractivity contribution >= 4 is 21.6 Å². The normalized spacial score (nSPS) is 11.1. The second-order valence-electron chi connectivity index (χ2n) is 3.27. The van der Waals surface area contributed by atoms with E-state index in [0.29, 0.717) is 0 Å². The van der Waals surface area contributed by atoms with E-state index < -0.39 is 0 Å². The number of fused-ring (bicyclic) bond motifs is 1. The number of halogens is 1. The van der Waals surface area contributed by atoms with Crippen molar-refractivity contribution in [3.8, 4) is 0 Å². The first-order valence-electron chi connectivity index (χ1n) is 4.79. The Hall–Kier alpha value is -0.940. The van der Waals surface area contributed by atoms with Gasteiger partial charge in [-0.25, -0.2) is 9.50 Å².